The summed E-state index contributed by atoms with van der Waals surface area (Å²) in [4.78, 5) is 29.9. The van der Waals surface area contributed by atoms with Crippen LogP contribution in [0.2, 0.25) is 0 Å². The van der Waals surface area contributed by atoms with E-state index < -0.39 is 6.04 Å². The van der Waals surface area contributed by atoms with E-state index in [0.717, 1.165) is 12.8 Å². The van der Waals surface area contributed by atoms with Gasteiger partial charge in [-0.1, -0.05) is 31.1 Å². The molecular formula is C26H30N4O6. The van der Waals surface area contributed by atoms with Gasteiger partial charge in [0.15, 0.2) is 23.9 Å². The zero-order chi connectivity index (χ0) is 25.7. The van der Waals surface area contributed by atoms with E-state index >= 15 is 0 Å². The number of nitrogens with zero attached hydrogens (tertiary/aromatic N) is 2. The second-order valence-corrected chi connectivity index (χ2v) is 8.86. The van der Waals surface area contributed by atoms with E-state index in [2.05, 4.69) is 20.8 Å². The van der Waals surface area contributed by atoms with Gasteiger partial charge in [-0.2, -0.15) is 4.98 Å². The van der Waals surface area contributed by atoms with Gasteiger partial charge < -0.3 is 29.4 Å². The van der Waals surface area contributed by atoms with Gasteiger partial charge in [0, 0.05) is 11.5 Å². The molecule has 1 saturated carbocycles. The number of carbonyl (C=O) groups excluding carboxylic acids is 2. The summed E-state index contributed by atoms with van der Waals surface area (Å²) in [6, 6.07) is 11.4. The van der Waals surface area contributed by atoms with Crippen LogP contribution in [0.15, 0.2) is 47.0 Å². The predicted octanol–water partition coefficient (Wildman–Crippen LogP) is 4.11. The number of hydrogen-bond donors (Lipinski definition) is 2. The average Bonchev–Trinajstić information content (AvgIpc) is 3.62. The molecule has 3 aromatic rings. The standard InChI is InChI=1S/C26H30N4O6/c1-15(2)23(26-29-24(30-36-26)16-9-10-16)28-25(32)17-11-12-20(21(13-17)34-4)35-14-22(31)27-18-7-5-6-8-19(18)33-3/h5-8,11-13,15-16,23H,9-10,14H2,1-4H3,(H,27,31)(H,28,32). The third-order valence-corrected chi connectivity index (χ3v) is 5.78. The predicted molar refractivity (Wildman–Crippen MR) is 131 cm³/mol. The zero-order valence-corrected chi connectivity index (χ0v) is 20.7. The monoisotopic (exact) mass is 494 g/mol. The average molecular weight is 495 g/mol. The fourth-order valence-corrected chi connectivity index (χ4v) is 3.62. The van der Waals surface area contributed by atoms with Gasteiger partial charge in [-0.25, -0.2) is 0 Å². The lowest BCUT2D eigenvalue weighted by Crippen LogP contribution is -2.32. The molecule has 0 bridgehead atoms. The van der Waals surface area contributed by atoms with Crippen LogP contribution in [0.25, 0.3) is 0 Å². The first-order valence-corrected chi connectivity index (χ1v) is 11.8. The summed E-state index contributed by atoms with van der Waals surface area (Å²) in [6.45, 7) is 3.69. The molecule has 2 aromatic carbocycles. The van der Waals surface area contributed by atoms with Crippen molar-refractivity contribution in [3.05, 3.63) is 59.7 Å². The lowest BCUT2D eigenvalue weighted by molar-refractivity contribution is -0.118. The molecule has 1 fully saturated rings. The van der Waals surface area contributed by atoms with E-state index in [4.69, 9.17) is 18.7 Å². The topological polar surface area (TPSA) is 125 Å². The quantitative estimate of drug-likeness (QED) is 0.408. The second-order valence-electron chi connectivity index (χ2n) is 8.86. The molecule has 0 radical (unpaired) electrons. The van der Waals surface area contributed by atoms with Crippen LogP contribution in [0.5, 0.6) is 17.2 Å². The number of para-hydroxylation sites is 2. The Kier molecular flexibility index (Phi) is 7.72. The van der Waals surface area contributed by atoms with Crippen LogP contribution in [0.3, 0.4) is 0 Å². The molecule has 1 aliphatic carbocycles. The molecule has 1 heterocycles. The van der Waals surface area contributed by atoms with Crippen molar-refractivity contribution in [1.29, 1.82) is 0 Å². The van der Waals surface area contributed by atoms with E-state index in [1.807, 2.05) is 19.9 Å². The molecule has 1 atom stereocenters. The Morgan fingerprint density at radius 3 is 2.50 bits per heavy atom. The highest BCUT2D eigenvalue weighted by molar-refractivity contribution is 5.95. The number of anilines is 1. The van der Waals surface area contributed by atoms with E-state index in [0.29, 0.717) is 46.1 Å². The number of hydrogen-bond acceptors (Lipinski definition) is 8. The fourth-order valence-electron chi connectivity index (χ4n) is 3.62. The first kappa shape index (κ1) is 25.0. The lowest BCUT2D eigenvalue weighted by Gasteiger charge is -2.19. The van der Waals surface area contributed by atoms with Crippen molar-refractivity contribution in [2.24, 2.45) is 5.92 Å². The van der Waals surface area contributed by atoms with Crippen LogP contribution in [0.1, 0.15) is 60.7 Å². The third-order valence-electron chi connectivity index (χ3n) is 5.78. The number of benzene rings is 2. The highest BCUT2D eigenvalue weighted by Gasteiger charge is 2.32. The number of carbonyl (C=O) groups is 2. The molecule has 10 nitrogen and oxygen atoms in total. The Morgan fingerprint density at radius 2 is 1.81 bits per heavy atom. The van der Waals surface area contributed by atoms with Gasteiger partial charge >= 0.3 is 0 Å². The van der Waals surface area contributed by atoms with Gasteiger partial charge in [0.25, 0.3) is 11.8 Å². The minimum Gasteiger partial charge on any atom is -0.495 e. The van der Waals surface area contributed by atoms with E-state index in [-0.39, 0.29) is 24.3 Å². The Bertz CT molecular complexity index is 1220. The number of aromatic nitrogens is 2. The number of ether oxygens (including phenoxy) is 3. The van der Waals surface area contributed by atoms with Crippen LogP contribution in [0, 0.1) is 5.92 Å². The van der Waals surface area contributed by atoms with Crippen LogP contribution >= 0.6 is 0 Å². The molecule has 1 aliphatic rings. The van der Waals surface area contributed by atoms with Crippen molar-refractivity contribution >= 4 is 17.5 Å². The zero-order valence-electron chi connectivity index (χ0n) is 20.7. The SMILES string of the molecule is COc1ccccc1NC(=O)COc1ccc(C(=O)NC(c2nc(C3CC3)no2)C(C)C)cc1OC. The van der Waals surface area contributed by atoms with Gasteiger partial charge in [0.05, 0.1) is 19.9 Å². The normalized spacial score (nSPS) is 13.7. The van der Waals surface area contributed by atoms with Crippen molar-refractivity contribution in [3.8, 4) is 17.2 Å². The van der Waals surface area contributed by atoms with Gasteiger partial charge in [-0.3, -0.25) is 9.59 Å². The largest absolute Gasteiger partial charge is 0.495 e. The minimum absolute atomic E-state index is 0.0349. The number of methoxy groups -OCH3 is 2. The molecule has 4 rings (SSSR count). The van der Waals surface area contributed by atoms with Crippen LogP contribution in [0.4, 0.5) is 5.69 Å². The van der Waals surface area contributed by atoms with Gasteiger partial charge in [-0.05, 0) is 49.1 Å². The molecule has 10 heteroatoms. The molecule has 1 aromatic heterocycles. The molecule has 36 heavy (non-hydrogen) atoms. The highest BCUT2D eigenvalue weighted by Crippen LogP contribution is 2.39. The maximum absolute atomic E-state index is 13.0. The Labute approximate surface area is 209 Å². The van der Waals surface area contributed by atoms with Gasteiger partial charge in [0.1, 0.15) is 11.8 Å². The molecule has 2 amide bonds. The second kappa shape index (κ2) is 11.1. The lowest BCUT2D eigenvalue weighted by atomic mass is 10.0. The summed E-state index contributed by atoms with van der Waals surface area (Å²) >= 11 is 0. The van der Waals surface area contributed by atoms with Crippen LogP contribution in [-0.2, 0) is 4.79 Å². The van der Waals surface area contributed by atoms with E-state index in [1.54, 1.807) is 36.4 Å². The van der Waals surface area contributed by atoms with E-state index in [9.17, 15) is 9.59 Å². The van der Waals surface area contributed by atoms with Crippen molar-refractivity contribution in [2.75, 3.05) is 26.1 Å². The van der Waals surface area contributed by atoms with Gasteiger partial charge in [-0.15, -0.1) is 0 Å². The summed E-state index contributed by atoms with van der Waals surface area (Å²) in [6.07, 6.45) is 2.13. The fraction of sp³-hybridized carbons (Fsp3) is 0.385. The maximum atomic E-state index is 13.0. The number of nitrogens with one attached hydrogen (secondary N) is 2. The van der Waals surface area contributed by atoms with E-state index in [1.165, 1.54) is 14.2 Å². The molecule has 0 spiro atoms. The molecule has 0 aliphatic heterocycles. The summed E-state index contributed by atoms with van der Waals surface area (Å²) in [5, 5.41) is 9.78. The number of rotatable bonds is 11. The molecule has 1 unspecified atom stereocenters. The van der Waals surface area contributed by atoms with Crippen molar-refractivity contribution in [1.82, 2.24) is 15.5 Å². The summed E-state index contributed by atoms with van der Waals surface area (Å²) in [7, 11) is 2.99. The maximum Gasteiger partial charge on any atom is 0.262 e. The summed E-state index contributed by atoms with van der Waals surface area (Å²) in [5.74, 6) is 2.00. The van der Waals surface area contributed by atoms with Gasteiger partial charge in [0.2, 0.25) is 5.89 Å². The first-order chi connectivity index (χ1) is 17.4. The first-order valence-electron chi connectivity index (χ1n) is 11.8. The molecule has 190 valence electrons. The summed E-state index contributed by atoms with van der Waals surface area (Å²) in [5.41, 5.74) is 0.906. The Morgan fingerprint density at radius 1 is 1.06 bits per heavy atom. The van der Waals surface area contributed by atoms with Crippen molar-refractivity contribution in [2.45, 2.75) is 38.6 Å². The van der Waals surface area contributed by atoms with Crippen molar-refractivity contribution in [3.63, 3.8) is 0 Å². The summed E-state index contributed by atoms with van der Waals surface area (Å²) < 4.78 is 21.7. The molecule has 0 saturated heterocycles. The number of amides is 2. The van der Waals surface area contributed by atoms with Crippen LogP contribution in [-0.4, -0.2) is 42.8 Å². The molecule has 2 N–H and O–H groups in total. The Hall–Kier alpha value is -4.08. The highest BCUT2D eigenvalue weighted by atomic mass is 16.5. The van der Waals surface area contributed by atoms with Crippen LogP contribution < -0.4 is 24.8 Å². The third kappa shape index (κ3) is 5.94. The molecular weight excluding hydrogens is 464 g/mol. The Balaban J connectivity index is 1.40. The minimum atomic E-state index is -0.432. The van der Waals surface area contributed by atoms with Crippen molar-refractivity contribution < 1.29 is 28.3 Å². The smallest absolute Gasteiger partial charge is 0.262 e.